The molecule has 0 aliphatic carbocycles. The first-order chi connectivity index (χ1) is 11.1. The average Bonchev–Trinajstić information content (AvgIpc) is 3.06. The summed E-state index contributed by atoms with van der Waals surface area (Å²) >= 11 is 0. The molecule has 2 N–H and O–H groups in total. The van der Waals surface area contributed by atoms with E-state index in [1.165, 1.54) is 14.2 Å². The maximum Gasteiger partial charge on any atom is 0.233 e. The van der Waals surface area contributed by atoms with Crippen molar-refractivity contribution in [1.29, 1.82) is 0 Å². The van der Waals surface area contributed by atoms with Gasteiger partial charge >= 0.3 is 0 Å². The fourth-order valence-corrected chi connectivity index (χ4v) is 2.35. The molecule has 0 aromatic heterocycles. The molecule has 126 valence electrons. The lowest BCUT2D eigenvalue weighted by Crippen LogP contribution is -2.34. The summed E-state index contributed by atoms with van der Waals surface area (Å²) < 4.78 is 15.7. The normalized spacial score (nSPS) is 16.7. The molecule has 0 radical (unpaired) electrons. The molecule has 7 nitrogen and oxygen atoms in total. The monoisotopic (exact) mass is 322 g/mol. The Hall–Kier alpha value is -2.28. The summed E-state index contributed by atoms with van der Waals surface area (Å²) in [7, 11) is 3.04. The summed E-state index contributed by atoms with van der Waals surface area (Å²) in [6.45, 7) is 1.17. The average molecular weight is 322 g/mol. The fraction of sp³-hybridized carbons (Fsp3) is 0.500. The zero-order valence-corrected chi connectivity index (χ0v) is 13.4. The van der Waals surface area contributed by atoms with E-state index in [0.29, 0.717) is 23.7 Å². The molecule has 0 saturated carbocycles. The zero-order valence-electron chi connectivity index (χ0n) is 13.4. The number of methoxy groups -OCH3 is 2. The predicted molar refractivity (Wildman–Crippen MR) is 84.8 cm³/mol. The summed E-state index contributed by atoms with van der Waals surface area (Å²) in [5.74, 6) is 0.337. The lowest BCUT2D eigenvalue weighted by molar-refractivity contribution is -0.127. The van der Waals surface area contributed by atoms with E-state index in [-0.39, 0.29) is 18.4 Å². The van der Waals surface area contributed by atoms with Gasteiger partial charge in [-0.2, -0.15) is 0 Å². The van der Waals surface area contributed by atoms with Crippen LogP contribution in [0.1, 0.15) is 19.3 Å². The third-order valence-electron chi connectivity index (χ3n) is 3.55. The third kappa shape index (κ3) is 5.14. The third-order valence-corrected chi connectivity index (χ3v) is 3.55. The Kier molecular flexibility index (Phi) is 6.22. The standard InChI is InChI=1S/C16H22N2O5/c1-21-11-5-6-14(22-2)13(8-11)18-16(20)9-15(19)17-10-12-4-3-7-23-12/h5-6,8,12H,3-4,7,9-10H2,1-2H3,(H,17,19)(H,18,20). The molecule has 2 rings (SSSR count). The molecule has 0 spiro atoms. The number of amides is 2. The minimum atomic E-state index is -0.415. The second-order valence-corrected chi connectivity index (χ2v) is 5.23. The van der Waals surface area contributed by atoms with Crippen molar-refractivity contribution in [1.82, 2.24) is 5.32 Å². The maximum absolute atomic E-state index is 12.0. The fourth-order valence-electron chi connectivity index (χ4n) is 2.35. The Labute approximate surface area is 135 Å². The molecule has 7 heteroatoms. The van der Waals surface area contributed by atoms with Crippen LogP contribution in [0.3, 0.4) is 0 Å². The number of ether oxygens (including phenoxy) is 3. The van der Waals surface area contributed by atoms with Crippen molar-refractivity contribution in [2.75, 3.05) is 32.7 Å². The summed E-state index contributed by atoms with van der Waals surface area (Å²) in [5, 5.41) is 5.37. The number of carbonyl (C=O) groups excluding carboxylic acids is 2. The van der Waals surface area contributed by atoms with Gasteiger partial charge in [-0.1, -0.05) is 0 Å². The molecule has 1 fully saturated rings. The van der Waals surface area contributed by atoms with Crippen molar-refractivity contribution < 1.29 is 23.8 Å². The van der Waals surface area contributed by atoms with Crippen LogP contribution in [-0.2, 0) is 14.3 Å². The Morgan fingerprint density at radius 2 is 2.09 bits per heavy atom. The highest BCUT2D eigenvalue weighted by molar-refractivity contribution is 6.04. The lowest BCUT2D eigenvalue weighted by atomic mass is 10.2. The number of rotatable bonds is 7. The number of hydrogen-bond donors (Lipinski definition) is 2. The van der Waals surface area contributed by atoms with Crippen molar-refractivity contribution in [3.8, 4) is 11.5 Å². The minimum absolute atomic E-state index is 0.0560. The summed E-state index contributed by atoms with van der Waals surface area (Å²) in [4.78, 5) is 23.8. The highest BCUT2D eigenvalue weighted by Crippen LogP contribution is 2.28. The molecule has 2 amide bonds. The van der Waals surface area contributed by atoms with Gasteiger partial charge in [0.25, 0.3) is 0 Å². The highest BCUT2D eigenvalue weighted by atomic mass is 16.5. The van der Waals surface area contributed by atoms with Crippen LogP contribution in [0, 0.1) is 0 Å². The first-order valence-electron chi connectivity index (χ1n) is 7.52. The van der Waals surface area contributed by atoms with Crippen LogP contribution in [0.2, 0.25) is 0 Å². The summed E-state index contributed by atoms with van der Waals surface area (Å²) in [6.07, 6.45) is 1.75. The quantitative estimate of drug-likeness (QED) is 0.740. The molecule has 1 unspecified atom stereocenters. The number of nitrogens with one attached hydrogen (secondary N) is 2. The SMILES string of the molecule is COc1ccc(OC)c(NC(=O)CC(=O)NCC2CCCO2)c1. The largest absolute Gasteiger partial charge is 0.497 e. The van der Waals surface area contributed by atoms with Crippen molar-refractivity contribution >= 4 is 17.5 Å². The number of carbonyl (C=O) groups is 2. The smallest absolute Gasteiger partial charge is 0.233 e. The Morgan fingerprint density at radius 1 is 1.26 bits per heavy atom. The van der Waals surface area contributed by atoms with Crippen LogP contribution in [0.15, 0.2) is 18.2 Å². The van der Waals surface area contributed by atoms with Crippen LogP contribution in [0.4, 0.5) is 5.69 Å². The summed E-state index contributed by atoms with van der Waals surface area (Å²) in [5.41, 5.74) is 0.462. The zero-order chi connectivity index (χ0) is 16.7. The molecular weight excluding hydrogens is 300 g/mol. The van der Waals surface area contributed by atoms with Gasteiger partial charge < -0.3 is 24.8 Å². The van der Waals surface area contributed by atoms with Gasteiger partial charge in [-0.15, -0.1) is 0 Å². The van der Waals surface area contributed by atoms with E-state index >= 15 is 0 Å². The van der Waals surface area contributed by atoms with E-state index in [1.54, 1.807) is 18.2 Å². The van der Waals surface area contributed by atoms with Gasteiger partial charge in [-0.3, -0.25) is 9.59 Å². The second-order valence-electron chi connectivity index (χ2n) is 5.23. The molecule has 0 bridgehead atoms. The number of hydrogen-bond acceptors (Lipinski definition) is 5. The van der Waals surface area contributed by atoms with Crippen LogP contribution >= 0.6 is 0 Å². The van der Waals surface area contributed by atoms with E-state index in [4.69, 9.17) is 14.2 Å². The van der Waals surface area contributed by atoms with E-state index in [9.17, 15) is 9.59 Å². The lowest BCUT2D eigenvalue weighted by Gasteiger charge is -2.13. The number of benzene rings is 1. The molecule has 23 heavy (non-hydrogen) atoms. The predicted octanol–water partition coefficient (Wildman–Crippen LogP) is 1.33. The molecule has 1 aromatic carbocycles. The van der Waals surface area contributed by atoms with E-state index in [0.717, 1.165) is 19.4 Å². The van der Waals surface area contributed by atoms with Gasteiger partial charge in [0, 0.05) is 19.2 Å². The van der Waals surface area contributed by atoms with Gasteiger partial charge in [0.05, 0.1) is 26.0 Å². The van der Waals surface area contributed by atoms with Gasteiger partial charge in [0.1, 0.15) is 17.9 Å². The molecule has 1 atom stereocenters. The van der Waals surface area contributed by atoms with Crippen molar-refractivity contribution in [3.63, 3.8) is 0 Å². The second kappa shape index (κ2) is 8.38. The van der Waals surface area contributed by atoms with Crippen molar-refractivity contribution in [3.05, 3.63) is 18.2 Å². The van der Waals surface area contributed by atoms with Gasteiger partial charge in [0.2, 0.25) is 11.8 Å². The molecule has 1 aromatic rings. The van der Waals surface area contributed by atoms with Crippen LogP contribution < -0.4 is 20.1 Å². The minimum Gasteiger partial charge on any atom is -0.497 e. The van der Waals surface area contributed by atoms with E-state index < -0.39 is 5.91 Å². The van der Waals surface area contributed by atoms with Crippen LogP contribution in [0.5, 0.6) is 11.5 Å². The first-order valence-corrected chi connectivity index (χ1v) is 7.52. The van der Waals surface area contributed by atoms with Crippen LogP contribution in [0.25, 0.3) is 0 Å². The summed E-state index contributed by atoms with van der Waals surface area (Å²) in [6, 6.07) is 5.05. The molecular formula is C16H22N2O5. The van der Waals surface area contributed by atoms with Gasteiger partial charge in [-0.05, 0) is 25.0 Å². The van der Waals surface area contributed by atoms with E-state index in [1.807, 2.05) is 0 Å². The molecule has 1 heterocycles. The number of anilines is 1. The first kappa shape index (κ1) is 17.1. The molecule has 1 aliphatic rings. The van der Waals surface area contributed by atoms with Crippen molar-refractivity contribution in [2.24, 2.45) is 0 Å². The van der Waals surface area contributed by atoms with Gasteiger partial charge in [0.15, 0.2) is 0 Å². The highest BCUT2D eigenvalue weighted by Gasteiger charge is 2.18. The Balaban J connectivity index is 1.84. The van der Waals surface area contributed by atoms with Gasteiger partial charge in [-0.25, -0.2) is 0 Å². The van der Waals surface area contributed by atoms with Crippen LogP contribution in [-0.4, -0.2) is 45.3 Å². The van der Waals surface area contributed by atoms with Crippen molar-refractivity contribution in [2.45, 2.75) is 25.4 Å². The van der Waals surface area contributed by atoms with E-state index in [2.05, 4.69) is 10.6 Å². The Bertz CT molecular complexity index is 555. The molecule has 1 aliphatic heterocycles. The maximum atomic E-state index is 12.0. The molecule has 1 saturated heterocycles. The Morgan fingerprint density at radius 3 is 2.74 bits per heavy atom. The topological polar surface area (TPSA) is 85.9 Å².